The van der Waals surface area contributed by atoms with E-state index in [1.165, 1.54) is 27.5 Å². The molecular weight excluding hydrogens is 360 g/mol. The van der Waals surface area contributed by atoms with Gasteiger partial charge < -0.3 is 10.1 Å². The van der Waals surface area contributed by atoms with Crippen LogP contribution in [0.4, 0.5) is 0 Å². The molecule has 0 aromatic carbocycles. The van der Waals surface area contributed by atoms with E-state index in [9.17, 15) is 13.2 Å². The second-order valence-corrected chi connectivity index (χ2v) is 11.0. The second-order valence-electron chi connectivity index (χ2n) is 7.92. The zero-order valence-electron chi connectivity index (χ0n) is 15.2. The first-order valence-electron chi connectivity index (χ1n) is 8.55. The number of amides is 1. The minimum absolute atomic E-state index is 0.0596. The van der Waals surface area contributed by atoms with Crippen molar-refractivity contribution in [2.24, 2.45) is 0 Å². The number of sulfonamides is 1. The molecule has 0 saturated carbocycles. The van der Waals surface area contributed by atoms with Gasteiger partial charge >= 0.3 is 0 Å². The first kappa shape index (κ1) is 18.8. The molecule has 3 rings (SSSR count). The summed E-state index contributed by atoms with van der Waals surface area (Å²) in [6, 6.07) is 1.98. The van der Waals surface area contributed by atoms with E-state index in [-0.39, 0.29) is 11.4 Å². The van der Waals surface area contributed by atoms with Crippen molar-refractivity contribution in [3.05, 3.63) is 21.4 Å². The highest BCUT2D eigenvalue weighted by Gasteiger charge is 2.44. The van der Waals surface area contributed by atoms with E-state index >= 15 is 0 Å². The number of nitrogens with zero attached hydrogens (tertiary/aromatic N) is 1. The number of hydrogen-bond donors (Lipinski definition) is 1. The Bertz CT molecular complexity index is 769. The number of fused-ring (bicyclic) bond motifs is 2. The Balaban J connectivity index is 1.85. The van der Waals surface area contributed by atoms with E-state index in [1.54, 1.807) is 0 Å². The van der Waals surface area contributed by atoms with Crippen molar-refractivity contribution in [1.82, 2.24) is 9.62 Å². The number of thiophene rings is 1. The van der Waals surface area contributed by atoms with Crippen molar-refractivity contribution in [3.8, 4) is 0 Å². The average Bonchev–Trinajstić information content (AvgIpc) is 2.91. The molecule has 1 saturated heterocycles. The molecule has 0 radical (unpaired) electrons. The van der Waals surface area contributed by atoms with E-state index in [0.717, 1.165) is 11.3 Å². The first-order valence-corrected chi connectivity index (χ1v) is 11.2. The Morgan fingerprint density at radius 2 is 1.96 bits per heavy atom. The normalized spacial score (nSPS) is 21.1. The van der Waals surface area contributed by atoms with E-state index < -0.39 is 15.6 Å². The number of rotatable bonds is 2. The topological polar surface area (TPSA) is 75.7 Å². The van der Waals surface area contributed by atoms with Crippen LogP contribution in [0.25, 0.3) is 0 Å². The fraction of sp³-hybridized carbons (Fsp3) is 0.706. The lowest BCUT2D eigenvalue weighted by molar-refractivity contribution is -0.0861. The Hall–Kier alpha value is -0.960. The van der Waals surface area contributed by atoms with Crippen molar-refractivity contribution in [2.45, 2.75) is 51.2 Å². The molecule has 0 unspecified atom stereocenters. The van der Waals surface area contributed by atoms with E-state index in [2.05, 4.69) is 5.32 Å². The number of hydrogen-bond acceptors (Lipinski definition) is 5. The molecule has 1 spiro atoms. The van der Waals surface area contributed by atoms with Gasteiger partial charge in [0.1, 0.15) is 5.60 Å². The quantitative estimate of drug-likeness (QED) is 0.845. The maximum Gasteiger partial charge on any atom is 0.261 e. The Morgan fingerprint density at radius 1 is 1.32 bits per heavy atom. The molecule has 140 valence electrons. The largest absolute Gasteiger partial charge is 0.369 e. The highest BCUT2D eigenvalue weighted by Crippen LogP contribution is 2.45. The van der Waals surface area contributed by atoms with E-state index in [4.69, 9.17) is 4.74 Å². The van der Waals surface area contributed by atoms with Crippen LogP contribution in [-0.2, 0) is 26.8 Å². The number of ether oxygens (including phenoxy) is 1. The third-order valence-electron chi connectivity index (χ3n) is 4.68. The Labute approximate surface area is 153 Å². The summed E-state index contributed by atoms with van der Waals surface area (Å²) in [6.07, 6.45) is 3.31. The van der Waals surface area contributed by atoms with Gasteiger partial charge in [0.25, 0.3) is 5.91 Å². The van der Waals surface area contributed by atoms with Gasteiger partial charge in [-0.15, -0.1) is 11.3 Å². The zero-order valence-corrected chi connectivity index (χ0v) is 16.8. The fourth-order valence-corrected chi connectivity index (χ4v) is 5.64. The average molecular weight is 387 g/mol. The van der Waals surface area contributed by atoms with Crippen LogP contribution in [0.3, 0.4) is 0 Å². The van der Waals surface area contributed by atoms with Gasteiger partial charge in [-0.1, -0.05) is 0 Å². The summed E-state index contributed by atoms with van der Waals surface area (Å²) in [6.45, 7) is 7.42. The highest BCUT2D eigenvalue weighted by atomic mass is 32.2. The number of carbonyl (C=O) groups excluding carboxylic acids is 1. The summed E-state index contributed by atoms with van der Waals surface area (Å²) < 4.78 is 31.2. The monoisotopic (exact) mass is 386 g/mol. The Morgan fingerprint density at radius 3 is 2.52 bits per heavy atom. The summed E-state index contributed by atoms with van der Waals surface area (Å²) in [5, 5.41) is 3.01. The molecule has 1 amide bonds. The van der Waals surface area contributed by atoms with E-state index in [1.807, 2.05) is 26.8 Å². The molecule has 8 heteroatoms. The lowest BCUT2D eigenvalue weighted by Gasteiger charge is -2.42. The second kappa shape index (κ2) is 6.33. The molecule has 2 aliphatic heterocycles. The van der Waals surface area contributed by atoms with Gasteiger partial charge in [0.15, 0.2) is 0 Å². The molecule has 1 N–H and O–H groups in total. The SMILES string of the molecule is CC(C)(C)NC(=O)c1cc2c(s1)C1(CCN(S(C)(=O)=O)CC1)OCC2. The smallest absolute Gasteiger partial charge is 0.261 e. The maximum absolute atomic E-state index is 12.5. The van der Waals surface area contributed by atoms with Gasteiger partial charge in [-0.3, -0.25) is 4.79 Å². The standard InChI is InChI=1S/C17H26N2O4S2/c1-16(2,3)18-15(20)13-11-12-5-10-23-17(14(12)24-13)6-8-19(9-7-17)25(4,21)22/h11H,5-10H2,1-4H3,(H,18,20). The summed E-state index contributed by atoms with van der Waals surface area (Å²) in [7, 11) is -3.17. The molecule has 25 heavy (non-hydrogen) atoms. The lowest BCUT2D eigenvalue weighted by Crippen LogP contribution is -2.47. The Kier molecular flexibility index (Phi) is 4.77. The van der Waals surface area contributed by atoms with Crippen molar-refractivity contribution in [2.75, 3.05) is 26.0 Å². The van der Waals surface area contributed by atoms with Crippen LogP contribution >= 0.6 is 11.3 Å². The van der Waals surface area contributed by atoms with Crippen LogP contribution in [0.1, 0.15) is 53.7 Å². The third-order valence-corrected chi connectivity index (χ3v) is 7.35. The number of nitrogens with one attached hydrogen (secondary N) is 1. The molecule has 2 aliphatic rings. The minimum Gasteiger partial charge on any atom is -0.369 e. The van der Waals surface area contributed by atoms with Gasteiger partial charge in [-0.25, -0.2) is 12.7 Å². The van der Waals surface area contributed by atoms with Crippen molar-refractivity contribution in [1.29, 1.82) is 0 Å². The van der Waals surface area contributed by atoms with Gasteiger partial charge in [0.2, 0.25) is 10.0 Å². The fourth-order valence-electron chi connectivity index (χ4n) is 3.49. The first-order chi connectivity index (χ1) is 11.5. The van der Waals surface area contributed by atoms with Crippen molar-refractivity contribution < 1.29 is 17.9 Å². The van der Waals surface area contributed by atoms with Crippen LogP contribution in [0.2, 0.25) is 0 Å². The molecule has 0 aliphatic carbocycles. The summed E-state index contributed by atoms with van der Waals surface area (Å²) in [5.41, 5.74) is 0.444. The van der Waals surface area contributed by atoms with E-state index in [0.29, 0.717) is 37.4 Å². The number of piperidine rings is 1. The summed E-state index contributed by atoms with van der Waals surface area (Å²) in [4.78, 5) is 14.3. The van der Waals surface area contributed by atoms with Crippen LogP contribution < -0.4 is 5.32 Å². The molecule has 6 nitrogen and oxygen atoms in total. The van der Waals surface area contributed by atoms with Crippen LogP contribution in [0, 0.1) is 0 Å². The molecule has 1 aromatic rings. The van der Waals surface area contributed by atoms with Crippen LogP contribution in [-0.4, -0.2) is 50.1 Å². The minimum atomic E-state index is -3.17. The van der Waals surface area contributed by atoms with Crippen LogP contribution in [0.15, 0.2) is 6.07 Å². The summed E-state index contributed by atoms with van der Waals surface area (Å²) >= 11 is 1.49. The van der Waals surface area contributed by atoms with Crippen molar-refractivity contribution >= 4 is 27.3 Å². The predicted octanol–water partition coefficient (Wildman–Crippen LogP) is 2.10. The number of carbonyl (C=O) groups is 1. The van der Waals surface area contributed by atoms with Gasteiger partial charge in [-0.2, -0.15) is 0 Å². The summed E-state index contributed by atoms with van der Waals surface area (Å²) in [5.74, 6) is -0.0596. The highest BCUT2D eigenvalue weighted by molar-refractivity contribution is 7.88. The molecular formula is C17H26N2O4S2. The zero-order chi connectivity index (χ0) is 18.5. The maximum atomic E-state index is 12.5. The molecule has 1 fully saturated rings. The molecule has 0 bridgehead atoms. The van der Waals surface area contributed by atoms with Crippen molar-refractivity contribution in [3.63, 3.8) is 0 Å². The molecule has 0 atom stereocenters. The van der Waals surface area contributed by atoms with Gasteiger partial charge in [0, 0.05) is 23.5 Å². The lowest BCUT2D eigenvalue weighted by atomic mass is 9.86. The molecule has 3 heterocycles. The van der Waals surface area contributed by atoms with Gasteiger partial charge in [-0.05, 0) is 51.7 Å². The third kappa shape index (κ3) is 3.92. The van der Waals surface area contributed by atoms with Gasteiger partial charge in [0.05, 0.1) is 17.7 Å². The van der Waals surface area contributed by atoms with Crippen LogP contribution in [0.5, 0.6) is 0 Å². The molecule has 1 aromatic heterocycles. The predicted molar refractivity (Wildman–Crippen MR) is 98.5 cm³/mol.